The molecule has 0 saturated heterocycles. The highest BCUT2D eigenvalue weighted by atomic mass is 16.6. The van der Waals surface area contributed by atoms with E-state index in [2.05, 4.69) is 6.58 Å². The SMILES string of the molecule is C=C(C)C(=O)OC(C)CC(C)(C)OC(=O)c1ccccc1. The van der Waals surface area contributed by atoms with Gasteiger partial charge in [0.1, 0.15) is 11.7 Å². The molecule has 21 heavy (non-hydrogen) atoms. The Morgan fingerprint density at radius 2 is 1.81 bits per heavy atom. The summed E-state index contributed by atoms with van der Waals surface area (Å²) < 4.78 is 10.7. The quantitative estimate of drug-likeness (QED) is 0.594. The standard InChI is InChI=1S/C17H22O4/c1-12(2)15(18)20-13(3)11-17(4,5)21-16(19)14-9-7-6-8-10-14/h6-10,13H,1,11H2,2-5H3. The van der Waals surface area contributed by atoms with Gasteiger partial charge in [0.05, 0.1) is 5.56 Å². The minimum absolute atomic E-state index is 0.348. The van der Waals surface area contributed by atoms with Gasteiger partial charge in [0.15, 0.2) is 0 Å². The maximum Gasteiger partial charge on any atom is 0.338 e. The zero-order valence-electron chi connectivity index (χ0n) is 13.0. The highest BCUT2D eigenvalue weighted by Gasteiger charge is 2.27. The lowest BCUT2D eigenvalue weighted by Crippen LogP contribution is -2.33. The molecule has 0 radical (unpaired) electrons. The van der Waals surface area contributed by atoms with Crippen molar-refractivity contribution in [2.24, 2.45) is 0 Å². The topological polar surface area (TPSA) is 52.6 Å². The molecule has 1 unspecified atom stereocenters. The van der Waals surface area contributed by atoms with E-state index in [-0.39, 0.29) is 12.1 Å². The van der Waals surface area contributed by atoms with Crippen LogP contribution < -0.4 is 0 Å². The summed E-state index contributed by atoms with van der Waals surface area (Å²) in [6, 6.07) is 8.79. The Morgan fingerprint density at radius 3 is 2.33 bits per heavy atom. The molecular formula is C17H22O4. The molecular weight excluding hydrogens is 268 g/mol. The molecule has 0 aromatic heterocycles. The first kappa shape index (κ1) is 17.0. The Labute approximate surface area is 125 Å². The van der Waals surface area contributed by atoms with Gasteiger partial charge in [0.25, 0.3) is 0 Å². The number of hydrogen-bond acceptors (Lipinski definition) is 4. The largest absolute Gasteiger partial charge is 0.459 e. The van der Waals surface area contributed by atoms with Crippen molar-refractivity contribution in [3.8, 4) is 0 Å². The maximum absolute atomic E-state index is 12.0. The number of carbonyl (C=O) groups excluding carboxylic acids is 2. The van der Waals surface area contributed by atoms with Gasteiger partial charge in [-0.25, -0.2) is 9.59 Å². The Hall–Kier alpha value is -2.10. The molecule has 0 saturated carbocycles. The van der Waals surface area contributed by atoms with Crippen LogP contribution in [0.2, 0.25) is 0 Å². The van der Waals surface area contributed by atoms with Crippen LogP contribution in [0.1, 0.15) is 44.5 Å². The van der Waals surface area contributed by atoms with Gasteiger partial charge in [-0.05, 0) is 39.8 Å². The molecule has 0 aliphatic rings. The molecule has 0 fully saturated rings. The van der Waals surface area contributed by atoms with Crippen molar-refractivity contribution in [3.05, 3.63) is 48.0 Å². The summed E-state index contributed by atoms with van der Waals surface area (Å²) in [7, 11) is 0. The highest BCUT2D eigenvalue weighted by Crippen LogP contribution is 2.21. The molecule has 0 aliphatic heterocycles. The van der Waals surface area contributed by atoms with Crippen molar-refractivity contribution < 1.29 is 19.1 Å². The summed E-state index contributed by atoms with van der Waals surface area (Å²) in [4.78, 5) is 23.5. The van der Waals surface area contributed by atoms with Crippen LogP contribution in [-0.4, -0.2) is 23.6 Å². The number of esters is 2. The summed E-state index contributed by atoms with van der Waals surface area (Å²) >= 11 is 0. The lowest BCUT2D eigenvalue weighted by molar-refractivity contribution is -0.145. The third-order valence-electron chi connectivity index (χ3n) is 2.81. The van der Waals surface area contributed by atoms with Crippen LogP contribution in [-0.2, 0) is 14.3 Å². The van der Waals surface area contributed by atoms with Gasteiger partial charge in [-0.3, -0.25) is 0 Å². The van der Waals surface area contributed by atoms with Crippen molar-refractivity contribution in [2.45, 2.75) is 45.8 Å². The number of hydrogen-bond donors (Lipinski definition) is 0. The molecule has 1 aromatic carbocycles. The van der Waals surface area contributed by atoms with E-state index < -0.39 is 11.6 Å². The van der Waals surface area contributed by atoms with E-state index in [0.717, 1.165) is 0 Å². The lowest BCUT2D eigenvalue weighted by Gasteiger charge is -2.28. The summed E-state index contributed by atoms with van der Waals surface area (Å²) in [6.07, 6.45) is 0.0395. The van der Waals surface area contributed by atoms with Crippen molar-refractivity contribution in [2.75, 3.05) is 0 Å². The van der Waals surface area contributed by atoms with E-state index in [1.54, 1.807) is 52.0 Å². The predicted octanol–water partition coefficient (Wildman–Crippen LogP) is 3.52. The fourth-order valence-electron chi connectivity index (χ4n) is 1.94. The minimum atomic E-state index is -0.734. The van der Waals surface area contributed by atoms with Crippen molar-refractivity contribution in [3.63, 3.8) is 0 Å². The van der Waals surface area contributed by atoms with Gasteiger partial charge in [0.2, 0.25) is 0 Å². The van der Waals surface area contributed by atoms with E-state index in [9.17, 15) is 9.59 Å². The molecule has 1 aromatic rings. The normalized spacial score (nSPS) is 12.4. The molecule has 4 nitrogen and oxygen atoms in total. The van der Waals surface area contributed by atoms with Crippen LogP contribution in [0, 0.1) is 0 Å². The van der Waals surface area contributed by atoms with Crippen LogP contribution in [0.5, 0.6) is 0 Å². The fraction of sp³-hybridized carbons (Fsp3) is 0.412. The fourth-order valence-corrected chi connectivity index (χ4v) is 1.94. The third-order valence-corrected chi connectivity index (χ3v) is 2.81. The first-order valence-corrected chi connectivity index (χ1v) is 6.86. The summed E-state index contributed by atoms with van der Waals surface area (Å²) in [6.45, 7) is 10.5. The van der Waals surface area contributed by atoms with Crippen LogP contribution in [0.15, 0.2) is 42.5 Å². The second-order valence-electron chi connectivity index (χ2n) is 5.72. The Balaban J connectivity index is 2.59. The number of benzene rings is 1. The van der Waals surface area contributed by atoms with E-state index in [1.807, 2.05) is 6.07 Å². The van der Waals surface area contributed by atoms with Gasteiger partial charge >= 0.3 is 11.9 Å². The molecule has 114 valence electrons. The van der Waals surface area contributed by atoms with E-state index >= 15 is 0 Å². The molecule has 0 spiro atoms. The number of ether oxygens (including phenoxy) is 2. The average molecular weight is 290 g/mol. The van der Waals surface area contributed by atoms with Gasteiger partial charge in [-0.2, -0.15) is 0 Å². The second-order valence-corrected chi connectivity index (χ2v) is 5.72. The number of rotatable bonds is 6. The Bertz CT molecular complexity index is 517. The molecule has 1 rings (SSSR count). The highest BCUT2D eigenvalue weighted by molar-refractivity contribution is 5.89. The summed E-state index contributed by atoms with van der Waals surface area (Å²) in [5.41, 5.74) is 0.111. The first-order valence-electron chi connectivity index (χ1n) is 6.86. The Morgan fingerprint density at radius 1 is 1.24 bits per heavy atom. The lowest BCUT2D eigenvalue weighted by atomic mass is 10.0. The van der Waals surface area contributed by atoms with Gasteiger partial charge < -0.3 is 9.47 Å². The van der Waals surface area contributed by atoms with Gasteiger partial charge in [-0.15, -0.1) is 0 Å². The molecule has 0 amide bonds. The predicted molar refractivity (Wildman–Crippen MR) is 80.9 cm³/mol. The first-order chi connectivity index (χ1) is 9.71. The van der Waals surface area contributed by atoms with Crippen molar-refractivity contribution in [1.82, 2.24) is 0 Å². The van der Waals surface area contributed by atoms with Crippen LogP contribution in [0.3, 0.4) is 0 Å². The third kappa shape index (κ3) is 5.81. The molecule has 0 heterocycles. The molecule has 0 bridgehead atoms. The molecule has 4 heteroatoms. The summed E-state index contributed by atoms with van der Waals surface area (Å²) in [5, 5.41) is 0. The van der Waals surface area contributed by atoms with E-state index in [0.29, 0.717) is 17.6 Å². The monoisotopic (exact) mass is 290 g/mol. The molecule has 0 aliphatic carbocycles. The zero-order valence-corrected chi connectivity index (χ0v) is 13.0. The van der Waals surface area contributed by atoms with Crippen LogP contribution >= 0.6 is 0 Å². The van der Waals surface area contributed by atoms with Crippen LogP contribution in [0.4, 0.5) is 0 Å². The van der Waals surface area contributed by atoms with Crippen LogP contribution in [0.25, 0.3) is 0 Å². The second kappa shape index (κ2) is 7.07. The maximum atomic E-state index is 12.0. The molecule has 1 atom stereocenters. The van der Waals surface area contributed by atoms with E-state index in [4.69, 9.17) is 9.47 Å². The zero-order chi connectivity index (χ0) is 16.0. The van der Waals surface area contributed by atoms with Crippen molar-refractivity contribution in [1.29, 1.82) is 0 Å². The minimum Gasteiger partial charge on any atom is -0.459 e. The van der Waals surface area contributed by atoms with Crippen molar-refractivity contribution >= 4 is 11.9 Å². The van der Waals surface area contributed by atoms with Gasteiger partial charge in [0, 0.05) is 12.0 Å². The molecule has 0 N–H and O–H groups in total. The smallest absolute Gasteiger partial charge is 0.338 e. The Kier molecular flexibility index (Phi) is 5.70. The van der Waals surface area contributed by atoms with E-state index in [1.165, 1.54) is 0 Å². The van der Waals surface area contributed by atoms with Gasteiger partial charge in [-0.1, -0.05) is 24.8 Å². The average Bonchev–Trinajstić information content (AvgIpc) is 2.38. The number of carbonyl (C=O) groups is 2. The summed E-state index contributed by atoms with van der Waals surface area (Å²) in [5.74, 6) is -0.827.